The lowest BCUT2D eigenvalue weighted by molar-refractivity contribution is -0.117. The van der Waals surface area contributed by atoms with Crippen molar-refractivity contribution in [3.8, 4) is 0 Å². The van der Waals surface area contributed by atoms with Crippen LogP contribution >= 0.6 is 0 Å². The molecule has 2 fully saturated rings. The van der Waals surface area contributed by atoms with Gasteiger partial charge < -0.3 is 10.6 Å². The molecular formula is C17H23F2N3O. The molecule has 126 valence electrons. The van der Waals surface area contributed by atoms with Gasteiger partial charge in [0.15, 0.2) is 0 Å². The highest BCUT2D eigenvalue weighted by atomic mass is 19.1. The summed E-state index contributed by atoms with van der Waals surface area (Å²) in [4.78, 5) is 14.1. The van der Waals surface area contributed by atoms with E-state index < -0.39 is 11.6 Å². The van der Waals surface area contributed by atoms with Gasteiger partial charge in [0.2, 0.25) is 5.91 Å². The highest BCUT2D eigenvalue weighted by molar-refractivity contribution is 5.92. The zero-order chi connectivity index (χ0) is 16.2. The van der Waals surface area contributed by atoms with Crippen molar-refractivity contribution in [2.45, 2.75) is 31.7 Å². The number of rotatable bonds is 4. The van der Waals surface area contributed by atoms with E-state index in [1.807, 2.05) is 0 Å². The first-order valence-electron chi connectivity index (χ1n) is 8.32. The normalized spacial score (nSPS) is 23.1. The fraction of sp³-hybridized carbons (Fsp3) is 0.588. The Morgan fingerprint density at radius 1 is 1.17 bits per heavy atom. The van der Waals surface area contributed by atoms with Crippen LogP contribution in [-0.2, 0) is 4.79 Å². The molecule has 2 aliphatic heterocycles. The molecule has 0 aromatic heterocycles. The Kier molecular flexibility index (Phi) is 5.23. The summed E-state index contributed by atoms with van der Waals surface area (Å²) in [6.07, 6.45) is 4.72. The van der Waals surface area contributed by atoms with E-state index in [2.05, 4.69) is 15.5 Å². The molecule has 2 aliphatic rings. The van der Waals surface area contributed by atoms with Crippen LogP contribution in [0.4, 0.5) is 14.5 Å². The molecule has 1 atom stereocenters. The van der Waals surface area contributed by atoms with Crippen molar-refractivity contribution in [2.24, 2.45) is 5.92 Å². The van der Waals surface area contributed by atoms with Gasteiger partial charge in [-0.2, -0.15) is 0 Å². The van der Waals surface area contributed by atoms with E-state index in [1.165, 1.54) is 12.8 Å². The van der Waals surface area contributed by atoms with Crippen LogP contribution in [0.25, 0.3) is 0 Å². The molecule has 4 nitrogen and oxygen atoms in total. The summed E-state index contributed by atoms with van der Waals surface area (Å²) in [6.45, 7) is 3.18. The van der Waals surface area contributed by atoms with Crippen LogP contribution in [0, 0.1) is 17.6 Å². The molecule has 6 heteroatoms. The Labute approximate surface area is 135 Å². The number of amides is 1. The summed E-state index contributed by atoms with van der Waals surface area (Å²) in [5.74, 6) is -0.906. The molecule has 1 aromatic rings. The minimum atomic E-state index is -0.690. The molecule has 1 aromatic carbocycles. The lowest BCUT2D eigenvalue weighted by Crippen LogP contribution is -2.43. The SMILES string of the molecule is O=C(CN1CCC(C2CCCN2)CC1)Nc1cc(F)cc(F)c1. The molecule has 0 spiro atoms. The van der Waals surface area contributed by atoms with E-state index in [-0.39, 0.29) is 18.1 Å². The van der Waals surface area contributed by atoms with Gasteiger partial charge in [-0.1, -0.05) is 0 Å². The third-order valence-electron chi connectivity index (χ3n) is 4.81. The minimum Gasteiger partial charge on any atom is -0.325 e. The average molecular weight is 323 g/mol. The predicted octanol–water partition coefficient (Wildman–Crippen LogP) is 2.37. The number of piperidine rings is 1. The number of hydrogen-bond donors (Lipinski definition) is 2. The fourth-order valence-corrected chi connectivity index (χ4v) is 3.66. The van der Waals surface area contributed by atoms with Gasteiger partial charge in [-0.3, -0.25) is 9.69 Å². The highest BCUT2D eigenvalue weighted by Gasteiger charge is 2.28. The largest absolute Gasteiger partial charge is 0.325 e. The molecule has 0 radical (unpaired) electrons. The first-order valence-corrected chi connectivity index (χ1v) is 8.32. The second-order valence-electron chi connectivity index (χ2n) is 6.52. The summed E-state index contributed by atoms with van der Waals surface area (Å²) in [7, 11) is 0. The van der Waals surface area contributed by atoms with Crippen LogP contribution in [0.3, 0.4) is 0 Å². The van der Waals surface area contributed by atoms with Crippen molar-refractivity contribution in [3.63, 3.8) is 0 Å². The first-order chi connectivity index (χ1) is 11.1. The second kappa shape index (κ2) is 7.36. The monoisotopic (exact) mass is 323 g/mol. The van der Waals surface area contributed by atoms with E-state index in [0.29, 0.717) is 12.0 Å². The number of hydrogen-bond acceptors (Lipinski definition) is 3. The van der Waals surface area contributed by atoms with Gasteiger partial charge in [-0.25, -0.2) is 8.78 Å². The molecule has 2 N–H and O–H groups in total. The number of likely N-dealkylation sites (tertiary alicyclic amines) is 1. The van der Waals surface area contributed by atoms with Gasteiger partial charge in [0.05, 0.1) is 6.54 Å². The summed E-state index contributed by atoms with van der Waals surface area (Å²) in [6, 6.07) is 3.68. The van der Waals surface area contributed by atoms with E-state index in [9.17, 15) is 13.6 Å². The third-order valence-corrected chi connectivity index (χ3v) is 4.81. The molecule has 0 saturated carbocycles. The van der Waals surface area contributed by atoms with Gasteiger partial charge in [-0.15, -0.1) is 0 Å². The van der Waals surface area contributed by atoms with Crippen LogP contribution in [0.2, 0.25) is 0 Å². The zero-order valence-corrected chi connectivity index (χ0v) is 13.2. The number of carbonyl (C=O) groups excluding carboxylic acids is 1. The lowest BCUT2D eigenvalue weighted by atomic mass is 9.88. The standard InChI is InChI=1S/C17H23F2N3O/c18-13-8-14(19)10-15(9-13)21-17(23)11-22-6-3-12(4-7-22)16-2-1-5-20-16/h8-10,12,16,20H,1-7,11H2,(H,21,23). The Bertz CT molecular complexity index is 533. The van der Waals surface area contributed by atoms with Crippen LogP contribution in [0.5, 0.6) is 0 Å². The second-order valence-corrected chi connectivity index (χ2v) is 6.52. The Morgan fingerprint density at radius 2 is 1.87 bits per heavy atom. The summed E-state index contributed by atoms with van der Waals surface area (Å²) in [5.41, 5.74) is 0.164. The summed E-state index contributed by atoms with van der Waals surface area (Å²) < 4.78 is 26.2. The van der Waals surface area contributed by atoms with Crippen LogP contribution in [-0.4, -0.2) is 43.0 Å². The number of halogens is 2. The topological polar surface area (TPSA) is 44.4 Å². The molecular weight excluding hydrogens is 300 g/mol. The van der Waals surface area contributed by atoms with Crippen LogP contribution < -0.4 is 10.6 Å². The van der Waals surface area contributed by atoms with Gasteiger partial charge >= 0.3 is 0 Å². The Balaban J connectivity index is 1.45. The van der Waals surface area contributed by atoms with Gasteiger partial charge in [-0.05, 0) is 63.4 Å². The Morgan fingerprint density at radius 3 is 2.48 bits per heavy atom. The predicted molar refractivity (Wildman–Crippen MR) is 85.2 cm³/mol. The third kappa shape index (κ3) is 4.48. The van der Waals surface area contributed by atoms with Crippen LogP contribution in [0.1, 0.15) is 25.7 Å². The maximum absolute atomic E-state index is 13.1. The molecule has 2 heterocycles. The molecule has 1 amide bonds. The molecule has 2 saturated heterocycles. The molecule has 0 bridgehead atoms. The fourth-order valence-electron chi connectivity index (χ4n) is 3.66. The number of nitrogens with zero attached hydrogens (tertiary/aromatic N) is 1. The van der Waals surface area contributed by atoms with Gasteiger partial charge in [0.1, 0.15) is 11.6 Å². The smallest absolute Gasteiger partial charge is 0.238 e. The molecule has 1 unspecified atom stereocenters. The van der Waals surface area contributed by atoms with E-state index in [0.717, 1.165) is 50.7 Å². The molecule has 23 heavy (non-hydrogen) atoms. The number of benzene rings is 1. The quantitative estimate of drug-likeness (QED) is 0.894. The number of carbonyl (C=O) groups is 1. The van der Waals surface area contributed by atoms with Crippen molar-refractivity contribution in [2.75, 3.05) is 31.5 Å². The van der Waals surface area contributed by atoms with Crippen molar-refractivity contribution < 1.29 is 13.6 Å². The van der Waals surface area contributed by atoms with Crippen molar-refractivity contribution >= 4 is 11.6 Å². The molecule has 0 aliphatic carbocycles. The highest BCUT2D eigenvalue weighted by Crippen LogP contribution is 2.25. The van der Waals surface area contributed by atoms with Crippen LogP contribution in [0.15, 0.2) is 18.2 Å². The maximum Gasteiger partial charge on any atom is 0.238 e. The minimum absolute atomic E-state index is 0.164. The van der Waals surface area contributed by atoms with E-state index >= 15 is 0 Å². The van der Waals surface area contributed by atoms with Crippen molar-refractivity contribution in [3.05, 3.63) is 29.8 Å². The van der Waals surface area contributed by atoms with Crippen molar-refractivity contribution in [1.29, 1.82) is 0 Å². The Hall–Kier alpha value is -1.53. The average Bonchev–Trinajstić information content (AvgIpc) is 3.01. The number of nitrogens with one attached hydrogen (secondary N) is 2. The number of anilines is 1. The lowest BCUT2D eigenvalue weighted by Gasteiger charge is -2.34. The summed E-state index contributed by atoms with van der Waals surface area (Å²) >= 11 is 0. The zero-order valence-electron chi connectivity index (χ0n) is 13.2. The van der Waals surface area contributed by atoms with Crippen molar-refractivity contribution in [1.82, 2.24) is 10.2 Å². The van der Waals surface area contributed by atoms with Gasteiger partial charge in [0, 0.05) is 17.8 Å². The first kappa shape index (κ1) is 16.3. The summed E-state index contributed by atoms with van der Waals surface area (Å²) in [5, 5.41) is 6.12. The van der Waals surface area contributed by atoms with Gasteiger partial charge in [0.25, 0.3) is 0 Å². The molecule has 3 rings (SSSR count). The maximum atomic E-state index is 13.1. The van der Waals surface area contributed by atoms with E-state index in [4.69, 9.17) is 0 Å². The van der Waals surface area contributed by atoms with E-state index in [1.54, 1.807) is 0 Å².